The topological polar surface area (TPSA) is 76.7 Å². The molecule has 0 saturated carbocycles. The van der Waals surface area contributed by atoms with Gasteiger partial charge in [0, 0.05) is 5.02 Å². The lowest BCUT2D eigenvalue weighted by Gasteiger charge is -2.10. The number of hydrogen-bond acceptors (Lipinski definition) is 3. The molecule has 0 bridgehead atoms. The van der Waals surface area contributed by atoms with Crippen LogP contribution in [0.2, 0.25) is 5.02 Å². The molecule has 1 atom stereocenters. The maximum absolute atomic E-state index is 11.7. The Kier molecular flexibility index (Phi) is 3.31. The summed E-state index contributed by atoms with van der Waals surface area (Å²) in [5, 5.41) is 6.92. The quantitative estimate of drug-likeness (QED) is 0.872. The van der Waals surface area contributed by atoms with Gasteiger partial charge in [-0.15, -0.1) is 0 Å². The van der Waals surface area contributed by atoms with E-state index in [2.05, 4.69) is 10.2 Å². The second kappa shape index (κ2) is 4.73. The van der Waals surface area contributed by atoms with Crippen LogP contribution in [0.4, 0.5) is 0 Å². The van der Waals surface area contributed by atoms with Gasteiger partial charge < -0.3 is 5.73 Å². The van der Waals surface area contributed by atoms with E-state index in [1.54, 1.807) is 24.3 Å². The van der Waals surface area contributed by atoms with E-state index in [1.165, 1.54) is 4.57 Å². The van der Waals surface area contributed by atoms with Crippen molar-refractivity contribution in [3.63, 3.8) is 0 Å². The van der Waals surface area contributed by atoms with Gasteiger partial charge >= 0.3 is 5.69 Å². The summed E-state index contributed by atoms with van der Waals surface area (Å²) in [4.78, 5) is 11.7. The van der Waals surface area contributed by atoms with Crippen LogP contribution in [0, 0.1) is 0 Å². The van der Waals surface area contributed by atoms with E-state index in [9.17, 15) is 4.79 Å². The first-order valence-electron chi connectivity index (χ1n) is 5.32. The Hall–Kier alpha value is -1.59. The fourth-order valence-electron chi connectivity index (χ4n) is 1.61. The average molecular weight is 253 g/mol. The minimum Gasteiger partial charge on any atom is -0.321 e. The van der Waals surface area contributed by atoms with Crippen molar-refractivity contribution < 1.29 is 0 Å². The molecule has 0 radical (unpaired) electrons. The van der Waals surface area contributed by atoms with Gasteiger partial charge in [0.1, 0.15) is 0 Å². The van der Waals surface area contributed by atoms with Gasteiger partial charge in [0.05, 0.1) is 11.7 Å². The molecule has 0 aliphatic rings. The first-order chi connectivity index (χ1) is 8.13. The molecular weight excluding hydrogens is 240 g/mol. The number of nitrogens with two attached hydrogens (primary N) is 1. The lowest BCUT2D eigenvalue weighted by atomic mass is 10.2. The highest BCUT2D eigenvalue weighted by atomic mass is 35.5. The van der Waals surface area contributed by atoms with Crippen LogP contribution in [0.5, 0.6) is 0 Å². The summed E-state index contributed by atoms with van der Waals surface area (Å²) in [7, 11) is 0. The Morgan fingerprint density at radius 3 is 3.00 bits per heavy atom. The van der Waals surface area contributed by atoms with Crippen molar-refractivity contribution >= 4 is 11.6 Å². The molecule has 0 amide bonds. The molecular formula is C11H13ClN4O. The SMILES string of the molecule is CCC(N)c1n[nH]c(=O)n1-c1cccc(Cl)c1. The number of aromatic amines is 1. The molecule has 1 unspecified atom stereocenters. The third kappa shape index (κ3) is 2.25. The van der Waals surface area contributed by atoms with E-state index in [4.69, 9.17) is 17.3 Å². The Bertz CT molecular complexity index is 575. The zero-order chi connectivity index (χ0) is 12.4. The number of H-pyrrole nitrogens is 1. The number of nitrogens with zero attached hydrogens (tertiary/aromatic N) is 2. The first-order valence-corrected chi connectivity index (χ1v) is 5.70. The molecule has 6 heteroatoms. The van der Waals surface area contributed by atoms with Gasteiger partial charge in [-0.3, -0.25) is 0 Å². The lowest BCUT2D eigenvalue weighted by Crippen LogP contribution is -2.21. The average Bonchev–Trinajstić information content (AvgIpc) is 2.70. The number of nitrogens with one attached hydrogen (secondary N) is 1. The van der Waals surface area contributed by atoms with Crippen molar-refractivity contribution in [2.24, 2.45) is 5.73 Å². The standard InChI is InChI=1S/C11H13ClN4O/c1-2-9(13)10-14-15-11(17)16(10)8-5-3-4-7(12)6-8/h3-6,9H,2,13H2,1H3,(H,15,17). The normalized spacial score (nSPS) is 12.6. The maximum Gasteiger partial charge on any atom is 0.347 e. The van der Waals surface area contributed by atoms with Gasteiger partial charge in [0.25, 0.3) is 0 Å². The second-order valence-electron chi connectivity index (χ2n) is 3.72. The highest BCUT2D eigenvalue weighted by molar-refractivity contribution is 6.30. The van der Waals surface area contributed by atoms with Crippen LogP contribution in [-0.2, 0) is 0 Å². The molecule has 17 heavy (non-hydrogen) atoms. The van der Waals surface area contributed by atoms with Crippen molar-refractivity contribution in [1.29, 1.82) is 0 Å². The van der Waals surface area contributed by atoms with Crippen LogP contribution in [0.1, 0.15) is 25.2 Å². The van der Waals surface area contributed by atoms with Crippen LogP contribution < -0.4 is 11.4 Å². The molecule has 0 aliphatic carbocycles. The number of benzene rings is 1. The summed E-state index contributed by atoms with van der Waals surface area (Å²) >= 11 is 5.90. The fraction of sp³-hybridized carbons (Fsp3) is 0.273. The van der Waals surface area contributed by atoms with Gasteiger partial charge in [-0.05, 0) is 24.6 Å². The van der Waals surface area contributed by atoms with Gasteiger partial charge in [0.2, 0.25) is 0 Å². The molecule has 0 aliphatic heterocycles. The van der Waals surface area contributed by atoms with Crippen LogP contribution in [0.3, 0.4) is 0 Å². The van der Waals surface area contributed by atoms with Crippen LogP contribution in [-0.4, -0.2) is 14.8 Å². The van der Waals surface area contributed by atoms with E-state index in [0.717, 1.165) is 0 Å². The fourth-order valence-corrected chi connectivity index (χ4v) is 1.79. The van der Waals surface area contributed by atoms with Gasteiger partial charge in [-0.25, -0.2) is 14.5 Å². The third-order valence-electron chi connectivity index (χ3n) is 2.54. The first kappa shape index (κ1) is 11.9. The molecule has 0 fully saturated rings. The van der Waals surface area contributed by atoms with E-state index in [-0.39, 0.29) is 11.7 Å². The van der Waals surface area contributed by atoms with Gasteiger partial charge in [-0.2, -0.15) is 5.10 Å². The number of aromatic nitrogens is 3. The molecule has 5 nitrogen and oxygen atoms in total. The zero-order valence-corrected chi connectivity index (χ0v) is 10.1. The Labute approximate surface area is 103 Å². The minimum absolute atomic E-state index is 0.284. The van der Waals surface area contributed by atoms with Crippen molar-refractivity contribution in [2.75, 3.05) is 0 Å². The molecule has 0 saturated heterocycles. The number of rotatable bonds is 3. The van der Waals surface area contributed by atoms with Crippen LogP contribution in [0.25, 0.3) is 5.69 Å². The zero-order valence-electron chi connectivity index (χ0n) is 9.35. The van der Waals surface area contributed by atoms with Crippen molar-refractivity contribution in [1.82, 2.24) is 14.8 Å². The molecule has 90 valence electrons. The smallest absolute Gasteiger partial charge is 0.321 e. The molecule has 2 aromatic rings. The van der Waals surface area contributed by atoms with Crippen LogP contribution in [0.15, 0.2) is 29.1 Å². The van der Waals surface area contributed by atoms with Crippen LogP contribution >= 0.6 is 11.6 Å². The minimum atomic E-state index is -0.314. The Balaban J connectivity index is 2.58. The Morgan fingerprint density at radius 2 is 2.35 bits per heavy atom. The summed E-state index contributed by atoms with van der Waals surface area (Å²) in [6, 6.07) is 6.72. The second-order valence-corrected chi connectivity index (χ2v) is 4.15. The number of halogens is 1. The van der Waals surface area contributed by atoms with Crippen molar-refractivity contribution in [2.45, 2.75) is 19.4 Å². The molecule has 0 spiro atoms. The molecule has 3 N–H and O–H groups in total. The monoisotopic (exact) mass is 252 g/mol. The van der Waals surface area contributed by atoms with E-state index < -0.39 is 0 Å². The third-order valence-corrected chi connectivity index (χ3v) is 2.77. The summed E-state index contributed by atoms with van der Waals surface area (Å²) in [6.45, 7) is 1.94. The predicted molar refractivity (Wildman–Crippen MR) is 66.4 cm³/mol. The highest BCUT2D eigenvalue weighted by Gasteiger charge is 2.15. The largest absolute Gasteiger partial charge is 0.347 e. The van der Waals surface area contributed by atoms with E-state index in [0.29, 0.717) is 23.0 Å². The number of hydrogen-bond donors (Lipinski definition) is 2. The molecule has 1 aromatic heterocycles. The predicted octanol–water partition coefficient (Wildman–Crippen LogP) is 1.62. The maximum atomic E-state index is 11.7. The van der Waals surface area contributed by atoms with Gasteiger partial charge in [0.15, 0.2) is 5.82 Å². The summed E-state index contributed by atoms with van der Waals surface area (Å²) in [6.07, 6.45) is 0.699. The highest BCUT2D eigenvalue weighted by Crippen LogP contribution is 2.17. The van der Waals surface area contributed by atoms with Gasteiger partial charge in [-0.1, -0.05) is 24.6 Å². The van der Waals surface area contributed by atoms with Crippen molar-refractivity contribution in [3.8, 4) is 5.69 Å². The molecule has 1 heterocycles. The summed E-state index contributed by atoms with van der Waals surface area (Å²) < 4.78 is 1.44. The molecule has 2 rings (SSSR count). The molecule has 1 aromatic carbocycles. The Morgan fingerprint density at radius 1 is 1.59 bits per heavy atom. The lowest BCUT2D eigenvalue weighted by molar-refractivity contribution is 0.631. The summed E-state index contributed by atoms with van der Waals surface area (Å²) in [5.74, 6) is 0.514. The van der Waals surface area contributed by atoms with E-state index >= 15 is 0 Å². The summed E-state index contributed by atoms with van der Waals surface area (Å²) in [5.41, 5.74) is 6.26. The van der Waals surface area contributed by atoms with Crippen molar-refractivity contribution in [3.05, 3.63) is 45.6 Å². The van der Waals surface area contributed by atoms with E-state index in [1.807, 2.05) is 6.92 Å².